The maximum atomic E-state index is 11.6. The van der Waals surface area contributed by atoms with Crippen molar-refractivity contribution in [2.24, 2.45) is 5.92 Å². The van der Waals surface area contributed by atoms with Gasteiger partial charge < -0.3 is 5.11 Å². The Hall–Kier alpha value is -0.910. The van der Waals surface area contributed by atoms with Crippen molar-refractivity contribution in [1.82, 2.24) is 4.31 Å². The molecule has 0 fully saturated rings. The molecule has 1 unspecified atom stereocenters. The standard InChI is InChI=1S/C14H21NO3S/c1-10(2)14(16)12-5-4-11-6-7-15(19(3,17)18)9-13(11)8-12/h4-5,8,10,14,16H,6-7,9H2,1-3H3. The van der Waals surface area contributed by atoms with Crippen LogP contribution >= 0.6 is 0 Å². The molecule has 0 radical (unpaired) electrons. The van der Waals surface area contributed by atoms with E-state index in [2.05, 4.69) is 0 Å². The predicted octanol–water partition coefficient (Wildman–Crippen LogP) is 1.69. The molecule has 0 amide bonds. The summed E-state index contributed by atoms with van der Waals surface area (Å²) in [6.45, 7) is 4.88. The van der Waals surface area contributed by atoms with Crippen LogP contribution in [-0.4, -0.2) is 30.6 Å². The predicted molar refractivity (Wildman–Crippen MR) is 75.2 cm³/mol. The summed E-state index contributed by atoms with van der Waals surface area (Å²) in [5, 5.41) is 10.1. The average molecular weight is 283 g/mol. The molecule has 1 aromatic carbocycles. The molecule has 1 atom stereocenters. The first-order valence-electron chi connectivity index (χ1n) is 6.54. The number of rotatable bonds is 3. The number of hydrogen-bond donors (Lipinski definition) is 1. The SMILES string of the molecule is CC(C)C(O)c1ccc2c(c1)CN(S(C)(=O)=O)CC2. The lowest BCUT2D eigenvalue weighted by Gasteiger charge is -2.28. The van der Waals surface area contributed by atoms with E-state index in [1.807, 2.05) is 32.0 Å². The molecule has 1 heterocycles. The van der Waals surface area contributed by atoms with Crippen molar-refractivity contribution < 1.29 is 13.5 Å². The first-order valence-corrected chi connectivity index (χ1v) is 8.38. The van der Waals surface area contributed by atoms with Crippen molar-refractivity contribution in [3.8, 4) is 0 Å². The molecular formula is C14H21NO3S. The second-order valence-electron chi connectivity index (χ2n) is 5.56. The van der Waals surface area contributed by atoms with Gasteiger partial charge in [0.05, 0.1) is 12.4 Å². The quantitative estimate of drug-likeness (QED) is 0.918. The van der Waals surface area contributed by atoms with Crippen LogP contribution in [0.1, 0.15) is 36.6 Å². The summed E-state index contributed by atoms with van der Waals surface area (Å²) in [5.74, 6) is 0.146. The third kappa shape index (κ3) is 3.16. The Morgan fingerprint density at radius 2 is 1.95 bits per heavy atom. The summed E-state index contributed by atoms with van der Waals surface area (Å²) < 4.78 is 24.7. The van der Waals surface area contributed by atoms with Crippen LogP contribution in [0.3, 0.4) is 0 Å². The van der Waals surface area contributed by atoms with Crippen LogP contribution in [0.2, 0.25) is 0 Å². The number of nitrogens with zero attached hydrogens (tertiary/aromatic N) is 1. The first kappa shape index (κ1) is 14.5. The van der Waals surface area contributed by atoms with E-state index in [9.17, 15) is 13.5 Å². The highest BCUT2D eigenvalue weighted by Crippen LogP contribution is 2.27. The highest BCUT2D eigenvalue weighted by molar-refractivity contribution is 7.88. The lowest BCUT2D eigenvalue weighted by Crippen LogP contribution is -2.35. The minimum Gasteiger partial charge on any atom is -0.388 e. The fourth-order valence-corrected chi connectivity index (χ4v) is 3.20. The lowest BCUT2D eigenvalue weighted by molar-refractivity contribution is 0.126. The van der Waals surface area contributed by atoms with E-state index in [0.717, 1.165) is 17.5 Å². The maximum Gasteiger partial charge on any atom is 0.211 e. The van der Waals surface area contributed by atoms with Crippen molar-refractivity contribution in [3.05, 3.63) is 34.9 Å². The van der Waals surface area contributed by atoms with Crippen LogP contribution in [0.15, 0.2) is 18.2 Å². The number of aliphatic hydroxyl groups excluding tert-OH is 1. The zero-order valence-corrected chi connectivity index (χ0v) is 12.4. The minimum absolute atomic E-state index is 0.146. The Balaban J connectivity index is 2.30. The van der Waals surface area contributed by atoms with Gasteiger partial charge >= 0.3 is 0 Å². The van der Waals surface area contributed by atoms with Crippen LogP contribution < -0.4 is 0 Å². The fraction of sp³-hybridized carbons (Fsp3) is 0.571. The van der Waals surface area contributed by atoms with Crippen molar-refractivity contribution in [3.63, 3.8) is 0 Å². The molecule has 0 saturated carbocycles. The Morgan fingerprint density at radius 1 is 1.26 bits per heavy atom. The van der Waals surface area contributed by atoms with E-state index < -0.39 is 16.1 Å². The Labute approximate surface area is 115 Å². The van der Waals surface area contributed by atoms with Gasteiger partial charge in [-0.2, -0.15) is 4.31 Å². The molecule has 0 bridgehead atoms. The zero-order chi connectivity index (χ0) is 14.2. The summed E-state index contributed by atoms with van der Waals surface area (Å²) in [7, 11) is -3.15. The summed E-state index contributed by atoms with van der Waals surface area (Å²) in [6.07, 6.45) is 1.48. The molecule has 1 aliphatic heterocycles. The fourth-order valence-electron chi connectivity index (χ4n) is 2.40. The van der Waals surface area contributed by atoms with E-state index >= 15 is 0 Å². The molecule has 0 aliphatic carbocycles. The molecule has 5 heteroatoms. The zero-order valence-electron chi connectivity index (χ0n) is 11.6. The molecule has 2 rings (SSSR count). The molecule has 1 aliphatic rings. The van der Waals surface area contributed by atoms with E-state index in [-0.39, 0.29) is 5.92 Å². The highest BCUT2D eigenvalue weighted by atomic mass is 32.2. The van der Waals surface area contributed by atoms with Gasteiger partial charge in [-0.1, -0.05) is 32.0 Å². The van der Waals surface area contributed by atoms with Gasteiger partial charge in [-0.3, -0.25) is 0 Å². The van der Waals surface area contributed by atoms with Crippen LogP contribution in [-0.2, 0) is 23.0 Å². The molecule has 19 heavy (non-hydrogen) atoms. The molecule has 106 valence electrons. The van der Waals surface area contributed by atoms with Gasteiger partial charge in [0.1, 0.15) is 0 Å². The second-order valence-corrected chi connectivity index (χ2v) is 7.55. The first-order chi connectivity index (χ1) is 8.79. The van der Waals surface area contributed by atoms with Crippen molar-refractivity contribution in [2.45, 2.75) is 32.9 Å². The molecule has 0 saturated heterocycles. The highest BCUT2D eigenvalue weighted by Gasteiger charge is 2.24. The molecule has 0 aromatic heterocycles. The van der Waals surface area contributed by atoms with Crippen LogP contribution in [0.4, 0.5) is 0 Å². The number of fused-ring (bicyclic) bond motifs is 1. The molecular weight excluding hydrogens is 262 g/mol. The Bertz CT molecular complexity index is 566. The van der Waals surface area contributed by atoms with Gasteiger partial charge in [-0.05, 0) is 29.0 Å². The van der Waals surface area contributed by atoms with Gasteiger partial charge in [0.25, 0.3) is 0 Å². The topological polar surface area (TPSA) is 57.6 Å². The van der Waals surface area contributed by atoms with Crippen LogP contribution in [0.25, 0.3) is 0 Å². The average Bonchev–Trinajstić information content (AvgIpc) is 2.35. The number of sulfonamides is 1. The smallest absolute Gasteiger partial charge is 0.211 e. The third-order valence-corrected chi connectivity index (χ3v) is 4.90. The largest absolute Gasteiger partial charge is 0.388 e. The second kappa shape index (κ2) is 5.23. The van der Waals surface area contributed by atoms with Crippen molar-refractivity contribution in [1.29, 1.82) is 0 Å². The Morgan fingerprint density at radius 3 is 2.53 bits per heavy atom. The van der Waals surface area contributed by atoms with Gasteiger partial charge in [-0.15, -0.1) is 0 Å². The molecule has 1 N–H and O–H groups in total. The Kier molecular flexibility index (Phi) is 3.99. The number of hydrogen-bond acceptors (Lipinski definition) is 3. The van der Waals surface area contributed by atoms with Gasteiger partial charge in [0, 0.05) is 13.1 Å². The molecule has 0 spiro atoms. The van der Waals surface area contributed by atoms with Gasteiger partial charge in [-0.25, -0.2) is 8.42 Å². The monoisotopic (exact) mass is 283 g/mol. The number of benzene rings is 1. The van der Waals surface area contributed by atoms with Crippen LogP contribution in [0, 0.1) is 5.92 Å². The number of aliphatic hydroxyl groups is 1. The minimum atomic E-state index is -3.15. The molecule has 4 nitrogen and oxygen atoms in total. The normalized spacial score (nSPS) is 18.4. The van der Waals surface area contributed by atoms with E-state index in [1.54, 1.807) is 0 Å². The van der Waals surface area contributed by atoms with E-state index in [4.69, 9.17) is 0 Å². The van der Waals surface area contributed by atoms with E-state index in [0.29, 0.717) is 13.1 Å². The van der Waals surface area contributed by atoms with E-state index in [1.165, 1.54) is 16.1 Å². The molecule has 1 aromatic rings. The van der Waals surface area contributed by atoms with Crippen molar-refractivity contribution >= 4 is 10.0 Å². The van der Waals surface area contributed by atoms with Gasteiger partial charge in [0.2, 0.25) is 10.0 Å². The summed E-state index contributed by atoms with van der Waals surface area (Å²) in [4.78, 5) is 0. The summed E-state index contributed by atoms with van der Waals surface area (Å²) >= 11 is 0. The van der Waals surface area contributed by atoms with Crippen LogP contribution in [0.5, 0.6) is 0 Å². The lowest BCUT2D eigenvalue weighted by atomic mass is 9.93. The third-order valence-electron chi connectivity index (χ3n) is 3.65. The maximum absolute atomic E-state index is 11.6. The van der Waals surface area contributed by atoms with Crippen molar-refractivity contribution in [2.75, 3.05) is 12.8 Å². The summed E-state index contributed by atoms with van der Waals surface area (Å²) in [6, 6.07) is 5.90. The summed E-state index contributed by atoms with van der Waals surface area (Å²) in [5.41, 5.74) is 3.05. The van der Waals surface area contributed by atoms with Gasteiger partial charge in [0.15, 0.2) is 0 Å².